The van der Waals surface area contributed by atoms with E-state index in [0.717, 1.165) is 5.56 Å². The van der Waals surface area contributed by atoms with Gasteiger partial charge in [0.1, 0.15) is 11.9 Å². The molecule has 0 saturated heterocycles. The molecule has 0 unspecified atom stereocenters. The van der Waals surface area contributed by atoms with E-state index >= 15 is 0 Å². The zero-order valence-electron chi connectivity index (χ0n) is 10.6. The number of aromatic carboxylic acids is 1. The lowest BCUT2D eigenvalue weighted by atomic mass is 10.1. The zero-order chi connectivity index (χ0) is 14.7. The quantitative estimate of drug-likeness (QED) is 0.895. The van der Waals surface area contributed by atoms with Gasteiger partial charge in [0.15, 0.2) is 0 Å². The molecule has 0 saturated carbocycles. The van der Waals surface area contributed by atoms with Crippen molar-refractivity contribution in [2.24, 2.45) is 0 Å². The van der Waals surface area contributed by atoms with Crippen molar-refractivity contribution in [1.82, 2.24) is 0 Å². The van der Waals surface area contributed by atoms with Gasteiger partial charge >= 0.3 is 5.97 Å². The molecule has 0 amide bonds. The molecule has 2 rings (SSSR count). The van der Waals surface area contributed by atoms with Crippen LogP contribution in [0, 0.1) is 24.1 Å². The van der Waals surface area contributed by atoms with Gasteiger partial charge in [0.05, 0.1) is 11.1 Å². The van der Waals surface area contributed by atoms with E-state index in [1.807, 2.05) is 0 Å². The van der Waals surface area contributed by atoms with Crippen molar-refractivity contribution in [1.29, 1.82) is 5.26 Å². The molecule has 0 aliphatic heterocycles. The molecule has 100 valence electrons. The van der Waals surface area contributed by atoms with Gasteiger partial charge in [-0.15, -0.1) is 0 Å². The summed E-state index contributed by atoms with van der Waals surface area (Å²) in [6.45, 7) is 1.77. The Morgan fingerprint density at radius 3 is 2.65 bits per heavy atom. The number of carboxylic acids is 1. The first-order chi connectivity index (χ1) is 9.51. The minimum Gasteiger partial charge on any atom is -0.478 e. The van der Waals surface area contributed by atoms with Crippen LogP contribution < -0.4 is 5.32 Å². The molecule has 20 heavy (non-hydrogen) atoms. The SMILES string of the molecule is Cc1cc(C(=O)O)ccc1Nc1ccc(F)c(C#N)c1. The first-order valence-corrected chi connectivity index (χ1v) is 5.82. The summed E-state index contributed by atoms with van der Waals surface area (Å²) in [4.78, 5) is 10.8. The maximum Gasteiger partial charge on any atom is 0.335 e. The van der Waals surface area contributed by atoms with E-state index in [9.17, 15) is 9.18 Å². The summed E-state index contributed by atoms with van der Waals surface area (Å²) in [5.74, 6) is -1.57. The summed E-state index contributed by atoms with van der Waals surface area (Å²) in [6, 6.07) is 10.5. The van der Waals surface area contributed by atoms with Crippen molar-refractivity contribution in [2.75, 3.05) is 5.32 Å². The van der Waals surface area contributed by atoms with E-state index in [4.69, 9.17) is 10.4 Å². The van der Waals surface area contributed by atoms with Crippen LogP contribution in [0.3, 0.4) is 0 Å². The summed E-state index contributed by atoms with van der Waals surface area (Å²) >= 11 is 0. The lowest BCUT2D eigenvalue weighted by Gasteiger charge is -2.10. The van der Waals surface area contributed by atoms with E-state index in [2.05, 4.69) is 5.32 Å². The van der Waals surface area contributed by atoms with Gasteiger partial charge in [-0.2, -0.15) is 5.26 Å². The zero-order valence-corrected chi connectivity index (χ0v) is 10.6. The van der Waals surface area contributed by atoms with Gasteiger partial charge in [-0.3, -0.25) is 0 Å². The van der Waals surface area contributed by atoms with Gasteiger partial charge < -0.3 is 10.4 Å². The number of rotatable bonds is 3. The molecule has 0 atom stereocenters. The summed E-state index contributed by atoms with van der Waals surface area (Å²) in [5, 5.41) is 20.7. The maximum atomic E-state index is 13.2. The van der Waals surface area contributed by atoms with Gasteiger partial charge in [-0.25, -0.2) is 9.18 Å². The number of nitrogens with one attached hydrogen (secondary N) is 1. The molecule has 2 N–H and O–H groups in total. The molecule has 4 nitrogen and oxygen atoms in total. The molecule has 5 heteroatoms. The predicted octanol–water partition coefficient (Wildman–Crippen LogP) is 3.45. The van der Waals surface area contributed by atoms with Crippen molar-refractivity contribution in [2.45, 2.75) is 6.92 Å². The number of anilines is 2. The molecule has 0 aliphatic rings. The van der Waals surface area contributed by atoms with Crippen molar-refractivity contribution in [3.05, 3.63) is 58.9 Å². The first-order valence-electron chi connectivity index (χ1n) is 5.82. The van der Waals surface area contributed by atoms with E-state index in [1.165, 1.54) is 24.3 Å². The van der Waals surface area contributed by atoms with E-state index in [0.29, 0.717) is 11.4 Å². The Balaban J connectivity index is 2.31. The van der Waals surface area contributed by atoms with Crippen LogP contribution in [0.25, 0.3) is 0 Å². The topological polar surface area (TPSA) is 73.1 Å². The molecule has 2 aromatic rings. The summed E-state index contributed by atoms with van der Waals surface area (Å²) in [6.07, 6.45) is 0. The third kappa shape index (κ3) is 2.75. The third-order valence-corrected chi connectivity index (χ3v) is 2.84. The smallest absolute Gasteiger partial charge is 0.335 e. The van der Waals surface area contributed by atoms with Gasteiger partial charge in [0.2, 0.25) is 0 Å². The molecule has 0 heterocycles. The van der Waals surface area contributed by atoms with Crippen molar-refractivity contribution >= 4 is 17.3 Å². The molecule has 2 aromatic carbocycles. The number of halogens is 1. The highest BCUT2D eigenvalue weighted by Gasteiger charge is 2.07. The fraction of sp³-hybridized carbons (Fsp3) is 0.0667. The molecule has 0 aliphatic carbocycles. The second kappa shape index (κ2) is 5.41. The molecule has 0 aromatic heterocycles. The van der Waals surface area contributed by atoms with Crippen LogP contribution in [-0.2, 0) is 0 Å². The normalized spacial score (nSPS) is 9.85. The van der Waals surface area contributed by atoms with Crippen LogP contribution in [0.1, 0.15) is 21.5 Å². The molecule has 0 fully saturated rings. The highest BCUT2D eigenvalue weighted by molar-refractivity contribution is 5.88. The van der Waals surface area contributed by atoms with Crippen LogP contribution in [0.15, 0.2) is 36.4 Å². The number of hydrogen-bond donors (Lipinski definition) is 2. The predicted molar refractivity (Wildman–Crippen MR) is 72.5 cm³/mol. The number of aryl methyl sites for hydroxylation is 1. The van der Waals surface area contributed by atoms with Crippen LogP contribution in [0.5, 0.6) is 0 Å². The molecule has 0 spiro atoms. The highest BCUT2D eigenvalue weighted by Crippen LogP contribution is 2.23. The van der Waals surface area contributed by atoms with Crippen LogP contribution in [-0.4, -0.2) is 11.1 Å². The van der Waals surface area contributed by atoms with Gasteiger partial charge in [0.25, 0.3) is 0 Å². The average Bonchev–Trinajstić information content (AvgIpc) is 2.42. The minimum absolute atomic E-state index is 0.0465. The Bertz CT molecular complexity index is 720. The third-order valence-electron chi connectivity index (χ3n) is 2.84. The fourth-order valence-corrected chi connectivity index (χ4v) is 1.78. The average molecular weight is 270 g/mol. The Hall–Kier alpha value is -2.87. The molecule has 0 radical (unpaired) electrons. The first kappa shape index (κ1) is 13.6. The van der Waals surface area contributed by atoms with Gasteiger partial charge in [-0.05, 0) is 48.9 Å². The monoisotopic (exact) mass is 270 g/mol. The van der Waals surface area contributed by atoms with Gasteiger partial charge in [0, 0.05) is 11.4 Å². The van der Waals surface area contributed by atoms with E-state index in [1.54, 1.807) is 25.1 Å². The summed E-state index contributed by atoms with van der Waals surface area (Å²) < 4.78 is 13.2. The van der Waals surface area contributed by atoms with Crippen LogP contribution >= 0.6 is 0 Å². The van der Waals surface area contributed by atoms with E-state index < -0.39 is 11.8 Å². The molecule has 0 bridgehead atoms. The highest BCUT2D eigenvalue weighted by atomic mass is 19.1. The number of hydrogen-bond acceptors (Lipinski definition) is 3. The maximum absolute atomic E-state index is 13.2. The van der Waals surface area contributed by atoms with Crippen molar-refractivity contribution in [3.63, 3.8) is 0 Å². The molecular weight excluding hydrogens is 259 g/mol. The lowest BCUT2D eigenvalue weighted by molar-refractivity contribution is 0.0697. The number of nitrogens with zero attached hydrogens (tertiary/aromatic N) is 1. The Labute approximate surface area is 115 Å². The Morgan fingerprint density at radius 1 is 1.30 bits per heavy atom. The van der Waals surface area contributed by atoms with Crippen LogP contribution in [0.4, 0.5) is 15.8 Å². The summed E-state index contributed by atoms with van der Waals surface area (Å²) in [5.41, 5.74) is 2.16. The van der Waals surface area contributed by atoms with E-state index in [-0.39, 0.29) is 11.1 Å². The largest absolute Gasteiger partial charge is 0.478 e. The number of benzene rings is 2. The fourth-order valence-electron chi connectivity index (χ4n) is 1.78. The minimum atomic E-state index is -0.992. The Kier molecular flexibility index (Phi) is 3.67. The van der Waals surface area contributed by atoms with Crippen molar-refractivity contribution < 1.29 is 14.3 Å². The van der Waals surface area contributed by atoms with Crippen LogP contribution in [0.2, 0.25) is 0 Å². The second-order valence-corrected chi connectivity index (χ2v) is 4.27. The Morgan fingerprint density at radius 2 is 2.05 bits per heavy atom. The number of nitriles is 1. The number of carbonyl (C=O) groups is 1. The number of carboxylic acid groups (broad SMARTS) is 1. The van der Waals surface area contributed by atoms with Gasteiger partial charge in [-0.1, -0.05) is 0 Å². The second-order valence-electron chi connectivity index (χ2n) is 4.27. The lowest BCUT2D eigenvalue weighted by Crippen LogP contribution is -1.99. The van der Waals surface area contributed by atoms with Crippen molar-refractivity contribution in [3.8, 4) is 6.07 Å². The molecular formula is C15H11FN2O2. The standard InChI is InChI=1S/C15H11FN2O2/c1-9-6-10(15(19)20)2-5-14(9)18-12-3-4-13(16)11(7-12)8-17/h2-7,18H,1H3,(H,19,20). The summed E-state index contributed by atoms with van der Waals surface area (Å²) in [7, 11) is 0.